The number of oxazole rings is 1. The number of piperidine rings is 1. The summed E-state index contributed by atoms with van der Waals surface area (Å²) < 4.78 is 19.3. The molecule has 0 radical (unpaired) electrons. The fraction of sp³-hybridized carbons (Fsp3) is 0.333. The number of hydrogen-bond acceptors (Lipinski definition) is 4. The number of rotatable bonds is 6. The van der Waals surface area contributed by atoms with Gasteiger partial charge in [-0.15, -0.1) is 0 Å². The average molecular weight is 423 g/mol. The van der Waals surface area contributed by atoms with E-state index < -0.39 is 0 Å². The summed E-state index contributed by atoms with van der Waals surface area (Å²) in [5.74, 6) is 1.43. The molecule has 0 spiro atoms. The van der Waals surface area contributed by atoms with Gasteiger partial charge in [-0.3, -0.25) is 4.90 Å². The molecule has 1 saturated heterocycles. The van der Waals surface area contributed by atoms with Gasteiger partial charge >= 0.3 is 6.03 Å². The lowest BCUT2D eigenvalue weighted by molar-refractivity contribution is 0.116. The van der Waals surface area contributed by atoms with Gasteiger partial charge in [0.15, 0.2) is 5.76 Å². The van der Waals surface area contributed by atoms with Crippen molar-refractivity contribution >= 4 is 11.7 Å². The third-order valence-corrected chi connectivity index (χ3v) is 5.67. The molecule has 2 N–H and O–H groups in total. The summed E-state index contributed by atoms with van der Waals surface area (Å²) >= 11 is 0. The van der Waals surface area contributed by atoms with Crippen molar-refractivity contribution in [1.82, 2.24) is 15.2 Å². The Morgan fingerprint density at radius 2 is 2.10 bits per heavy atom. The van der Waals surface area contributed by atoms with Crippen molar-refractivity contribution in [3.63, 3.8) is 0 Å². The van der Waals surface area contributed by atoms with Crippen LogP contribution in [-0.4, -0.2) is 35.5 Å². The fourth-order valence-corrected chi connectivity index (χ4v) is 3.97. The second-order valence-corrected chi connectivity index (χ2v) is 7.95. The Hall–Kier alpha value is -3.19. The summed E-state index contributed by atoms with van der Waals surface area (Å²) in [7, 11) is 0. The van der Waals surface area contributed by atoms with Crippen LogP contribution in [0.25, 0.3) is 11.3 Å². The molecular weight excluding hydrogens is 395 g/mol. The van der Waals surface area contributed by atoms with Crippen molar-refractivity contribution in [2.45, 2.75) is 25.8 Å². The summed E-state index contributed by atoms with van der Waals surface area (Å²) in [5.41, 5.74) is 1.45. The molecule has 31 heavy (non-hydrogen) atoms. The Morgan fingerprint density at radius 3 is 2.90 bits per heavy atom. The van der Waals surface area contributed by atoms with Crippen LogP contribution in [0.3, 0.4) is 0 Å². The minimum absolute atomic E-state index is 0.0568. The van der Waals surface area contributed by atoms with Gasteiger partial charge in [0.05, 0.1) is 12.2 Å². The predicted molar refractivity (Wildman–Crippen MR) is 118 cm³/mol. The molecule has 2 heterocycles. The maximum atomic E-state index is 13.3. The first-order valence-corrected chi connectivity index (χ1v) is 10.6. The molecule has 0 aliphatic carbocycles. The lowest BCUT2D eigenvalue weighted by Crippen LogP contribution is -2.42. The second kappa shape index (κ2) is 9.75. The first kappa shape index (κ1) is 21.1. The molecule has 2 amide bonds. The molecule has 4 rings (SSSR count). The van der Waals surface area contributed by atoms with Crippen LogP contribution in [0, 0.1) is 11.7 Å². The third-order valence-electron chi connectivity index (χ3n) is 5.67. The molecule has 2 atom stereocenters. The van der Waals surface area contributed by atoms with E-state index >= 15 is 0 Å². The van der Waals surface area contributed by atoms with E-state index in [-0.39, 0.29) is 17.9 Å². The van der Waals surface area contributed by atoms with Crippen molar-refractivity contribution in [2.75, 3.05) is 25.0 Å². The SMILES string of the molecule is CC(c1ncc(-c2ccccc2)o1)N1CCCC(CNC(=O)Nc2cccc(F)c2)C1. The molecular formula is C24H27FN4O2. The Balaban J connectivity index is 1.30. The number of carbonyl (C=O) groups is 1. The Morgan fingerprint density at radius 1 is 1.26 bits per heavy atom. The fourth-order valence-electron chi connectivity index (χ4n) is 3.97. The van der Waals surface area contributed by atoms with Crippen molar-refractivity contribution in [3.05, 3.63) is 72.5 Å². The van der Waals surface area contributed by atoms with Crippen LogP contribution in [0.5, 0.6) is 0 Å². The predicted octanol–water partition coefficient (Wildman–Crippen LogP) is 5.08. The molecule has 1 aromatic heterocycles. The molecule has 1 aliphatic heterocycles. The quantitative estimate of drug-likeness (QED) is 0.582. The van der Waals surface area contributed by atoms with E-state index in [9.17, 15) is 9.18 Å². The number of amides is 2. The van der Waals surface area contributed by atoms with Crippen molar-refractivity contribution in [2.24, 2.45) is 5.92 Å². The highest BCUT2D eigenvalue weighted by atomic mass is 19.1. The van der Waals surface area contributed by atoms with Crippen LogP contribution in [0.4, 0.5) is 14.9 Å². The van der Waals surface area contributed by atoms with Gasteiger partial charge in [-0.25, -0.2) is 14.2 Å². The van der Waals surface area contributed by atoms with E-state index in [4.69, 9.17) is 4.42 Å². The summed E-state index contributed by atoms with van der Waals surface area (Å²) in [5, 5.41) is 5.58. The van der Waals surface area contributed by atoms with Crippen LogP contribution in [0.2, 0.25) is 0 Å². The van der Waals surface area contributed by atoms with Gasteiger partial charge in [0, 0.05) is 24.3 Å². The average Bonchev–Trinajstić information content (AvgIpc) is 3.28. The number of urea groups is 1. The molecule has 0 bridgehead atoms. The number of likely N-dealkylation sites (tertiary alicyclic amines) is 1. The van der Waals surface area contributed by atoms with E-state index in [1.807, 2.05) is 30.3 Å². The molecule has 0 saturated carbocycles. The van der Waals surface area contributed by atoms with Crippen LogP contribution in [-0.2, 0) is 0 Å². The number of hydrogen-bond donors (Lipinski definition) is 2. The Labute approximate surface area is 181 Å². The Bertz CT molecular complexity index is 1010. The van der Waals surface area contributed by atoms with E-state index in [1.165, 1.54) is 12.1 Å². The van der Waals surface area contributed by atoms with Gasteiger partial charge in [-0.2, -0.15) is 0 Å². The maximum Gasteiger partial charge on any atom is 0.319 e. The maximum absolute atomic E-state index is 13.3. The number of nitrogens with zero attached hydrogens (tertiary/aromatic N) is 2. The van der Waals surface area contributed by atoms with E-state index in [0.29, 0.717) is 24.0 Å². The van der Waals surface area contributed by atoms with Gasteiger partial charge in [-0.05, 0) is 50.4 Å². The molecule has 1 fully saturated rings. The van der Waals surface area contributed by atoms with Gasteiger partial charge in [0.1, 0.15) is 5.82 Å². The molecule has 2 unspecified atom stereocenters. The number of benzene rings is 2. The first-order valence-electron chi connectivity index (χ1n) is 10.6. The summed E-state index contributed by atoms with van der Waals surface area (Å²) in [4.78, 5) is 19.0. The summed E-state index contributed by atoms with van der Waals surface area (Å²) in [6.07, 6.45) is 3.87. The van der Waals surface area contributed by atoms with Crippen molar-refractivity contribution in [1.29, 1.82) is 0 Å². The highest BCUT2D eigenvalue weighted by Crippen LogP contribution is 2.29. The minimum Gasteiger partial charge on any atom is -0.439 e. The smallest absolute Gasteiger partial charge is 0.319 e. The van der Waals surface area contributed by atoms with Crippen LogP contribution in [0.1, 0.15) is 31.7 Å². The monoisotopic (exact) mass is 422 g/mol. The Kier molecular flexibility index (Phi) is 6.62. The highest BCUT2D eigenvalue weighted by molar-refractivity contribution is 5.89. The number of anilines is 1. The van der Waals surface area contributed by atoms with E-state index in [1.54, 1.807) is 18.3 Å². The molecule has 3 aromatic rings. The number of halogens is 1. The summed E-state index contributed by atoms with van der Waals surface area (Å²) in [6, 6.07) is 15.5. The minimum atomic E-state index is -0.378. The lowest BCUT2D eigenvalue weighted by atomic mass is 9.97. The molecule has 1 aliphatic rings. The molecule has 7 heteroatoms. The zero-order valence-electron chi connectivity index (χ0n) is 17.6. The van der Waals surface area contributed by atoms with Gasteiger partial charge < -0.3 is 15.1 Å². The summed E-state index contributed by atoms with van der Waals surface area (Å²) in [6.45, 7) is 4.49. The van der Waals surface area contributed by atoms with Crippen LogP contribution in [0.15, 0.2) is 65.2 Å². The van der Waals surface area contributed by atoms with Crippen LogP contribution < -0.4 is 10.6 Å². The molecule has 162 valence electrons. The third kappa shape index (κ3) is 5.49. The first-order chi connectivity index (χ1) is 15.1. The topological polar surface area (TPSA) is 70.4 Å². The number of aromatic nitrogens is 1. The van der Waals surface area contributed by atoms with Crippen LogP contribution >= 0.6 is 0 Å². The van der Waals surface area contributed by atoms with E-state index in [2.05, 4.69) is 27.4 Å². The zero-order valence-corrected chi connectivity index (χ0v) is 17.6. The number of nitrogens with one attached hydrogen (secondary N) is 2. The van der Waals surface area contributed by atoms with Gasteiger partial charge in [-0.1, -0.05) is 36.4 Å². The van der Waals surface area contributed by atoms with E-state index in [0.717, 1.165) is 37.3 Å². The largest absolute Gasteiger partial charge is 0.439 e. The van der Waals surface area contributed by atoms with Gasteiger partial charge in [0.2, 0.25) is 5.89 Å². The highest BCUT2D eigenvalue weighted by Gasteiger charge is 2.27. The lowest BCUT2D eigenvalue weighted by Gasteiger charge is -2.35. The second-order valence-electron chi connectivity index (χ2n) is 7.95. The zero-order chi connectivity index (χ0) is 21.6. The normalized spacial score (nSPS) is 17.8. The standard InChI is InChI=1S/C24H27FN4O2/c1-17(23-26-15-22(31-23)19-8-3-2-4-9-19)29-12-6-7-18(16-29)14-27-24(30)28-21-11-5-10-20(25)13-21/h2-5,8-11,13,15,17-18H,6-7,12,14,16H2,1H3,(H2,27,28,30). The molecule has 6 nitrogen and oxygen atoms in total. The number of carbonyl (C=O) groups excluding carboxylic acids is 1. The molecule has 2 aromatic carbocycles. The van der Waals surface area contributed by atoms with Gasteiger partial charge in [0.25, 0.3) is 0 Å². The van der Waals surface area contributed by atoms with Crippen molar-refractivity contribution < 1.29 is 13.6 Å². The van der Waals surface area contributed by atoms with Crippen molar-refractivity contribution in [3.8, 4) is 11.3 Å².